The standard InChI is InChI=1S/C8H15NO/c1-9-6-2-4-7(9)8(10)5-3-6/h6-8,10H,2-5H2,1H3. The highest BCUT2D eigenvalue weighted by molar-refractivity contribution is 4.94. The molecule has 2 heterocycles. The Labute approximate surface area is 61.8 Å². The third-order valence-corrected chi connectivity index (χ3v) is 3.13. The Kier molecular flexibility index (Phi) is 1.46. The van der Waals surface area contributed by atoms with Crippen LogP contribution >= 0.6 is 0 Å². The highest BCUT2D eigenvalue weighted by Crippen LogP contribution is 2.33. The molecular weight excluding hydrogens is 126 g/mol. The summed E-state index contributed by atoms with van der Waals surface area (Å²) in [7, 11) is 2.14. The van der Waals surface area contributed by atoms with Crippen LogP contribution in [-0.2, 0) is 0 Å². The van der Waals surface area contributed by atoms with Gasteiger partial charge in [-0.1, -0.05) is 0 Å². The lowest BCUT2D eigenvalue weighted by Gasteiger charge is -2.34. The molecule has 2 heteroatoms. The van der Waals surface area contributed by atoms with Gasteiger partial charge in [0.1, 0.15) is 0 Å². The Morgan fingerprint density at radius 2 is 1.90 bits per heavy atom. The van der Waals surface area contributed by atoms with Crippen LogP contribution in [0.15, 0.2) is 0 Å². The monoisotopic (exact) mass is 141 g/mol. The first-order chi connectivity index (χ1) is 4.79. The number of rotatable bonds is 0. The molecule has 2 aliphatic rings. The lowest BCUT2D eigenvalue weighted by atomic mass is 10.0. The van der Waals surface area contributed by atoms with Crippen LogP contribution in [0, 0.1) is 0 Å². The van der Waals surface area contributed by atoms with E-state index < -0.39 is 0 Å². The Hall–Kier alpha value is -0.0800. The van der Waals surface area contributed by atoms with E-state index in [1.54, 1.807) is 0 Å². The normalized spacial score (nSPS) is 48.0. The summed E-state index contributed by atoms with van der Waals surface area (Å²) in [5.41, 5.74) is 0. The molecule has 0 aliphatic carbocycles. The van der Waals surface area contributed by atoms with Gasteiger partial charge >= 0.3 is 0 Å². The van der Waals surface area contributed by atoms with Crippen molar-refractivity contribution in [1.29, 1.82) is 0 Å². The van der Waals surface area contributed by atoms with E-state index in [4.69, 9.17) is 0 Å². The minimum absolute atomic E-state index is 0.0382. The molecule has 3 unspecified atom stereocenters. The Morgan fingerprint density at radius 3 is 2.60 bits per heavy atom. The van der Waals surface area contributed by atoms with Crippen LogP contribution in [0.2, 0.25) is 0 Å². The third-order valence-electron chi connectivity index (χ3n) is 3.13. The highest BCUT2D eigenvalue weighted by Gasteiger charge is 2.38. The topological polar surface area (TPSA) is 23.5 Å². The molecule has 0 saturated carbocycles. The molecule has 58 valence electrons. The van der Waals surface area contributed by atoms with Gasteiger partial charge in [-0.3, -0.25) is 4.90 Å². The first kappa shape index (κ1) is 6.62. The smallest absolute Gasteiger partial charge is 0.0696 e. The van der Waals surface area contributed by atoms with E-state index in [2.05, 4.69) is 11.9 Å². The molecule has 0 aromatic heterocycles. The number of aliphatic hydroxyl groups excluding tert-OH is 1. The van der Waals surface area contributed by atoms with Gasteiger partial charge < -0.3 is 5.11 Å². The number of hydrogen-bond donors (Lipinski definition) is 1. The van der Waals surface area contributed by atoms with Crippen molar-refractivity contribution in [2.24, 2.45) is 0 Å². The fraction of sp³-hybridized carbons (Fsp3) is 1.00. The van der Waals surface area contributed by atoms with Gasteiger partial charge in [0.2, 0.25) is 0 Å². The van der Waals surface area contributed by atoms with Gasteiger partial charge in [0.25, 0.3) is 0 Å². The fourth-order valence-corrected chi connectivity index (χ4v) is 2.41. The third kappa shape index (κ3) is 0.789. The van der Waals surface area contributed by atoms with Crippen LogP contribution < -0.4 is 0 Å². The van der Waals surface area contributed by atoms with Crippen LogP contribution in [0.3, 0.4) is 0 Å². The summed E-state index contributed by atoms with van der Waals surface area (Å²) >= 11 is 0. The number of nitrogens with zero attached hydrogens (tertiary/aromatic N) is 1. The average Bonchev–Trinajstić information content (AvgIpc) is 2.13. The molecule has 1 N–H and O–H groups in total. The zero-order chi connectivity index (χ0) is 7.14. The summed E-state index contributed by atoms with van der Waals surface area (Å²) in [5.74, 6) is 0. The number of fused-ring (bicyclic) bond motifs is 2. The van der Waals surface area contributed by atoms with E-state index in [1.165, 1.54) is 19.3 Å². The van der Waals surface area contributed by atoms with Crippen molar-refractivity contribution < 1.29 is 5.11 Å². The molecule has 0 aromatic rings. The largest absolute Gasteiger partial charge is 0.391 e. The molecule has 2 nitrogen and oxygen atoms in total. The summed E-state index contributed by atoms with van der Waals surface area (Å²) in [6, 6.07) is 1.27. The van der Waals surface area contributed by atoms with Gasteiger partial charge in [-0.05, 0) is 32.7 Å². The zero-order valence-electron chi connectivity index (χ0n) is 6.45. The Morgan fingerprint density at radius 1 is 1.20 bits per heavy atom. The molecule has 0 aromatic carbocycles. The van der Waals surface area contributed by atoms with Crippen molar-refractivity contribution in [3.8, 4) is 0 Å². The lowest BCUT2D eigenvalue weighted by Crippen LogP contribution is -2.44. The molecule has 2 aliphatic heterocycles. The second kappa shape index (κ2) is 2.21. The predicted octanol–water partition coefficient (Wildman–Crippen LogP) is 0.604. The highest BCUT2D eigenvalue weighted by atomic mass is 16.3. The van der Waals surface area contributed by atoms with Crippen molar-refractivity contribution in [2.75, 3.05) is 7.05 Å². The average molecular weight is 141 g/mol. The van der Waals surface area contributed by atoms with Crippen molar-refractivity contribution >= 4 is 0 Å². The van der Waals surface area contributed by atoms with Crippen molar-refractivity contribution in [2.45, 2.75) is 43.9 Å². The van der Waals surface area contributed by atoms with Gasteiger partial charge in [0.15, 0.2) is 0 Å². The second-order valence-electron chi connectivity index (χ2n) is 3.61. The van der Waals surface area contributed by atoms with Crippen molar-refractivity contribution in [3.63, 3.8) is 0 Å². The number of likely N-dealkylation sites (N-methyl/N-ethyl adjacent to an activating group) is 1. The van der Waals surface area contributed by atoms with E-state index in [0.717, 1.165) is 12.5 Å². The summed E-state index contributed by atoms with van der Waals surface area (Å²) in [6.45, 7) is 0. The summed E-state index contributed by atoms with van der Waals surface area (Å²) in [6.07, 6.45) is 4.71. The lowest BCUT2D eigenvalue weighted by molar-refractivity contribution is 0.0294. The van der Waals surface area contributed by atoms with Gasteiger partial charge in [-0.15, -0.1) is 0 Å². The minimum atomic E-state index is -0.0382. The number of aliphatic hydroxyl groups is 1. The van der Waals surface area contributed by atoms with Crippen molar-refractivity contribution in [3.05, 3.63) is 0 Å². The fourth-order valence-electron chi connectivity index (χ4n) is 2.41. The van der Waals surface area contributed by atoms with Crippen LogP contribution in [0.25, 0.3) is 0 Å². The maximum atomic E-state index is 9.52. The zero-order valence-corrected chi connectivity index (χ0v) is 6.45. The quantitative estimate of drug-likeness (QED) is 0.534. The van der Waals surface area contributed by atoms with Gasteiger partial charge in [0.05, 0.1) is 6.10 Å². The molecule has 10 heavy (non-hydrogen) atoms. The molecule has 3 atom stereocenters. The Bertz CT molecular complexity index is 137. The molecular formula is C8H15NO. The molecule has 0 radical (unpaired) electrons. The van der Waals surface area contributed by atoms with Crippen LogP contribution in [0.5, 0.6) is 0 Å². The molecule has 2 bridgehead atoms. The minimum Gasteiger partial charge on any atom is -0.391 e. The van der Waals surface area contributed by atoms with E-state index in [1.807, 2.05) is 0 Å². The summed E-state index contributed by atoms with van der Waals surface area (Å²) < 4.78 is 0. The van der Waals surface area contributed by atoms with Crippen LogP contribution in [0.1, 0.15) is 25.7 Å². The molecule has 0 spiro atoms. The molecule has 0 amide bonds. The van der Waals surface area contributed by atoms with Crippen molar-refractivity contribution in [1.82, 2.24) is 4.90 Å². The second-order valence-corrected chi connectivity index (χ2v) is 3.61. The predicted molar refractivity (Wildman–Crippen MR) is 39.8 cm³/mol. The summed E-state index contributed by atoms with van der Waals surface area (Å²) in [5, 5.41) is 9.52. The van der Waals surface area contributed by atoms with Gasteiger partial charge in [-0.2, -0.15) is 0 Å². The van der Waals surface area contributed by atoms with E-state index in [-0.39, 0.29) is 6.10 Å². The van der Waals surface area contributed by atoms with E-state index in [0.29, 0.717) is 6.04 Å². The maximum Gasteiger partial charge on any atom is 0.0696 e. The van der Waals surface area contributed by atoms with Gasteiger partial charge in [0, 0.05) is 12.1 Å². The van der Waals surface area contributed by atoms with E-state index >= 15 is 0 Å². The van der Waals surface area contributed by atoms with Crippen LogP contribution in [-0.4, -0.2) is 35.2 Å². The first-order valence-corrected chi connectivity index (χ1v) is 4.19. The molecule has 2 rings (SSSR count). The van der Waals surface area contributed by atoms with Gasteiger partial charge in [-0.25, -0.2) is 0 Å². The summed E-state index contributed by atoms with van der Waals surface area (Å²) in [4.78, 5) is 2.36. The number of piperidine rings is 1. The SMILES string of the molecule is CN1C2CCC(O)C1CC2. The maximum absolute atomic E-state index is 9.52. The number of hydrogen-bond acceptors (Lipinski definition) is 2. The molecule has 2 saturated heterocycles. The first-order valence-electron chi connectivity index (χ1n) is 4.19. The van der Waals surface area contributed by atoms with Crippen LogP contribution in [0.4, 0.5) is 0 Å². The molecule has 2 fully saturated rings. The Balaban J connectivity index is 2.13. The van der Waals surface area contributed by atoms with E-state index in [9.17, 15) is 5.11 Å².